The summed E-state index contributed by atoms with van der Waals surface area (Å²) in [6.07, 6.45) is 4.08. The zero-order chi connectivity index (χ0) is 16.3. The van der Waals surface area contributed by atoms with Crippen molar-refractivity contribution in [3.63, 3.8) is 0 Å². The minimum absolute atomic E-state index is 0.0873. The molecule has 1 atom stereocenters. The second-order valence-corrected chi connectivity index (χ2v) is 6.66. The van der Waals surface area contributed by atoms with Crippen LogP contribution in [0.25, 0.3) is 0 Å². The molecule has 2 rings (SSSR count). The summed E-state index contributed by atoms with van der Waals surface area (Å²) in [5, 5.41) is 9.31. The van der Waals surface area contributed by atoms with Gasteiger partial charge in [-0.3, -0.25) is 4.79 Å². The monoisotopic (exact) mass is 302 g/mol. The van der Waals surface area contributed by atoms with Crippen LogP contribution in [-0.2, 0) is 17.8 Å². The summed E-state index contributed by atoms with van der Waals surface area (Å²) in [5.74, 6) is 0.510. The first-order valence-electron chi connectivity index (χ1n) is 8.11. The van der Waals surface area contributed by atoms with Crippen LogP contribution in [0.5, 0.6) is 0 Å². The van der Waals surface area contributed by atoms with Crippen LogP contribution in [0.4, 0.5) is 5.69 Å². The molecule has 1 aromatic heterocycles. The number of nitrogens with zero attached hydrogens (tertiary/aromatic N) is 3. The Balaban J connectivity index is 2.24. The molecule has 0 aromatic carbocycles. The highest BCUT2D eigenvalue weighted by Gasteiger charge is 2.25. The van der Waals surface area contributed by atoms with Crippen LogP contribution < -0.4 is 5.73 Å². The number of nitrogens with two attached hydrogens (primary N) is 1. The van der Waals surface area contributed by atoms with Crippen molar-refractivity contribution >= 4 is 11.6 Å². The van der Waals surface area contributed by atoms with E-state index in [2.05, 4.69) is 26.8 Å². The van der Waals surface area contributed by atoms with E-state index in [-0.39, 0.29) is 18.5 Å². The minimum Gasteiger partial charge on any atom is -0.397 e. The predicted octanol–water partition coefficient (Wildman–Crippen LogP) is 2.54. The molecule has 2 heterocycles. The van der Waals surface area contributed by atoms with Crippen LogP contribution in [0.3, 0.4) is 0 Å². The van der Waals surface area contributed by atoms with Crippen molar-refractivity contribution in [2.75, 3.05) is 12.3 Å². The minimum atomic E-state index is 0.0873. The Labute approximate surface area is 132 Å². The lowest BCUT2D eigenvalue weighted by Crippen LogP contribution is -2.43. The number of aromatic nitrogens is 1. The molecule has 1 aliphatic heterocycles. The maximum Gasteiger partial charge on any atom is 0.242 e. The highest BCUT2D eigenvalue weighted by Crippen LogP contribution is 2.23. The Hall–Kier alpha value is -1.96. The van der Waals surface area contributed by atoms with Crippen molar-refractivity contribution in [1.82, 2.24) is 9.47 Å². The molecule has 2 N–H and O–H groups in total. The Bertz CT molecular complexity index is 582. The summed E-state index contributed by atoms with van der Waals surface area (Å²) >= 11 is 0. The number of nitriles is 1. The first-order valence-corrected chi connectivity index (χ1v) is 8.11. The summed E-state index contributed by atoms with van der Waals surface area (Å²) < 4.78 is 1.80. The quantitative estimate of drug-likeness (QED) is 0.928. The van der Waals surface area contributed by atoms with Crippen LogP contribution in [0, 0.1) is 17.2 Å². The van der Waals surface area contributed by atoms with Gasteiger partial charge in [0.1, 0.15) is 18.3 Å². The van der Waals surface area contributed by atoms with Crippen molar-refractivity contribution in [2.24, 2.45) is 5.92 Å². The second-order valence-electron chi connectivity index (χ2n) is 6.66. The Kier molecular flexibility index (Phi) is 5.12. The number of hydrogen-bond donors (Lipinski definition) is 1. The Morgan fingerprint density at radius 3 is 2.82 bits per heavy atom. The van der Waals surface area contributed by atoms with Gasteiger partial charge in [0.15, 0.2) is 0 Å². The van der Waals surface area contributed by atoms with Crippen molar-refractivity contribution in [3.05, 3.63) is 17.5 Å². The number of amides is 1. The normalized spacial score (nSPS) is 18.5. The lowest BCUT2D eigenvalue weighted by atomic mass is 10.0. The summed E-state index contributed by atoms with van der Waals surface area (Å²) in [6.45, 7) is 7.35. The van der Waals surface area contributed by atoms with Crippen molar-refractivity contribution in [2.45, 2.75) is 59.0 Å². The molecule has 1 unspecified atom stereocenters. The molecule has 0 spiro atoms. The number of carbonyl (C=O) groups is 1. The first-order chi connectivity index (χ1) is 10.4. The molecule has 1 amide bonds. The van der Waals surface area contributed by atoms with E-state index >= 15 is 0 Å². The third-order valence-corrected chi connectivity index (χ3v) is 4.37. The molecule has 5 nitrogen and oxygen atoms in total. The summed E-state index contributed by atoms with van der Waals surface area (Å²) in [5.41, 5.74) is 8.05. The van der Waals surface area contributed by atoms with E-state index in [9.17, 15) is 10.1 Å². The second kappa shape index (κ2) is 6.87. The first kappa shape index (κ1) is 16.4. The standard InChI is InChI=1S/C17H26N4O/c1-12(2)8-16-15(19)9-14(10-18)21(16)11-17(22)20-7-5-4-6-13(20)3/h9,12-13H,4-8,11,19H2,1-3H3. The van der Waals surface area contributed by atoms with E-state index in [1.54, 1.807) is 10.6 Å². The molecule has 22 heavy (non-hydrogen) atoms. The largest absolute Gasteiger partial charge is 0.397 e. The fourth-order valence-electron chi connectivity index (χ4n) is 3.19. The molecule has 1 aromatic rings. The summed E-state index contributed by atoms with van der Waals surface area (Å²) in [4.78, 5) is 14.6. The van der Waals surface area contributed by atoms with Gasteiger partial charge in [0, 0.05) is 18.3 Å². The van der Waals surface area contributed by atoms with Gasteiger partial charge in [-0.15, -0.1) is 0 Å². The smallest absolute Gasteiger partial charge is 0.242 e. The van der Waals surface area contributed by atoms with Crippen molar-refractivity contribution in [3.8, 4) is 6.07 Å². The highest BCUT2D eigenvalue weighted by atomic mass is 16.2. The lowest BCUT2D eigenvalue weighted by Gasteiger charge is -2.33. The van der Waals surface area contributed by atoms with E-state index in [0.717, 1.165) is 31.5 Å². The third-order valence-electron chi connectivity index (χ3n) is 4.37. The molecule has 1 aliphatic rings. The average Bonchev–Trinajstić information content (AvgIpc) is 2.75. The molecular weight excluding hydrogens is 276 g/mol. The van der Waals surface area contributed by atoms with Gasteiger partial charge in [-0.2, -0.15) is 5.26 Å². The Morgan fingerprint density at radius 2 is 2.23 bits per heavy atom. The van der Waals surface area contributed by atoms with Gasteiger partial charge in [-0.1, -0.05) is 13.8 Å². The molecule has 1 saturated heterocycles. The Morgan fingerprint density at radius 1 is 1.50 bits per heavy atom. The zero-order valence-electron chi connectivity index (χ0n) is 13.8. The van der Waals surface area contributed by atoms with Crippen molar-refractivity contribution < 1.29 is 4.79 Å². The van der Waals surface area contributed by atoms with E-state index < -0.39 is 0 Å². The van der Waals surface area contributed by atoms with Gasteiger partial charge in [-0.05, 0) is 44.6 Å². The predicted molar refractivity (Wildman–Crippen MR) is 87.1 cm³/mol. The maximum absolute atomic E-state index is 12.6. The van der Waals surface area contributed by atoms with Crippen LogP contribution >= 0.6 is 0 Å². The summed E-state index contributed by atoms with van der Waals surface area (Å²) in [7, 11) is 0. The van der Waals surface area contributed by atoms with Gasteiger partial charge in [0.05, 0.1) is 5.69 Å². The average molecular weight is 302 g/mol. The van der Waals surface area contributed by atoms with Crippen LogP contribution in [0.15, 0.2) is 6.07 Å². The fraction of sp³-hybridized carbons (Fsp3) is 0.647. The topological polar surface area (TPSA) is 75.0 Å². The van der Waals surface area contributed by atoms with Gasteiger partial charge in [0.25, 0.3) is 0 Å². The van der Waals surface area contributed by atoms with E-state index in [4.69, 9.17) is 5.73 Å². The molecule has 0 saturated carbocycles. The molecule has 0 radical (unpaired) electrons. The molecular formula is C17H26N4O. The number of carbonyl (C=O) groups excluding carboxylic acids is 1. The van der Waals surface area contributed by atoms with E-state index in [0.29, 0.717) is 17.3 Å². The number of likely N-dealkylation sites (tertiary alicyclic amines) is 1. The van der Waals surface area contributed by atoms with Crippen molar-refractivity contribution in [1.29, 1.82) is 5.26 Å². The SMILES string of the molecule is CC(C)Cc1c(N)cc(C#N)n1CC(=O)N1CCCCC1C. The molecule has 0 bridgehead atoms. The molecule has 5 heteroatoms. The van der Waals surface area contributed by atoms with Gasteiger partial charge < -0.3 is 15.2 Å². The lowest BCUT2D eigenvalue weighted by molar-refractivity contribution is -0.135. The van der Waals surface area contributed by atoms with Gasteiger partial charge >= 0.3 is 0 Å². The number of rotatable bonds is 4. The maximum atomic E-state index is 12.6. The fourth-order valence-corrected chi connectivity index (χ4v) is 3.19. The number of piperidine rings is 1. The van der Waals surface area contributed by atoms with E-state index in [1.807, 2.05) is 4.90 Å². The van der Waals surface area contributed by atoms with E-state index in [1.165, 1.54) is 6.42 Å². The number of hydrogen-bond acceptors (Lipinski definition) is 3. The summed E-state index contributed by atoms with van der Waals surface area (Å²) in [6, 6.07) is 4.13. The molecule has 0 aliphatic carbocycles. The number of anilines is 1. The van der Waals surface area contributed by atoms with Crippen LogP contribution in [-0.4, -0.2) is 28.0 Å². The van der Waals surface area contributed by atoms with Gasteiger partial charge in [0.2, 0.25) is 5.91 Å². The number of nitrogen functional groups attached to an aromatic ring is 1. The van der Waals surface area contributed by atoms with Gasteiger partial charge in [-0.25, -0.2) is 0 Å². The molecule has 120 valence electrons. The highest BCUT2D eigenvalue weighted by molar-refractivity contribution is 5.77. The van der Waals surface area contributed by atoms with Crippen LogP contribution in [0.1, 0.15) is 51.4 Å². The molecule has 1 fully saturated rings. The zero-order valence-corrected chi connectivity index (χ0v) is 13.8. The third kappa shape index (κ3) is 3.44. The van der Waals surface area contributed by atoms with Crippen LogP contribution in [0.2, 0.25) is 0 Å².